The Bertz CT molecular complexity index is 915. The van der Waals surface area contributed by atoms with Gasteiger partial charge in [-0.25, -0.2) is 4.39 Å². The highest BCUT2D eigenvalue weighted by Gasteiger charge is 2.16. The number of rotatable bonds is 8. The maximum atomic E-state index is 13.3. The summed E-state index contributed by atoms with van der Waals surface area (Å²) in [6, 6.07) is 9.81. The molecular formula is C22H24ClFN2O3. The van der Waals surface area contributed by atoms with Crippen molar-refractivity contribution in [1.29, 1.82) is 0 Å². The molecule has 0 saturated heterocycles. The molecule has 2 aromatic rings. The maximum absolute atomic E-state index is 13.3. The van der Waals surface area contributed by atoms with E-state index in [0.29, 0.717) is 17.9 Å². The Balaban J connectivity index is 2.07. The molecule has 2 amide bonds. The van der Waals surface area contributed by atoms with Crippen molar-refractivity contribution in [2.75, 3.05) is 32.1 Å². The van der Waals surface area contributed by atoms with Crippen molar-refractivity contribution in [3.63, 3.8) is 0 Å². The van der Waals surface area contributed by atoms with Crippen LogP contribution in [0.15, 0.2) is 42.5 Å². The molecule has 0 bridgehead atoms. The number of carbonyl (C=O) groups excluding carboxylic acids is 2. The smallest absolute Gasteiger partial charge is 0.247 e. The first-order chi connectivity index (χ1) is 13.8. The largest absolute Gasteiger partial charge is 0.383 e. The Kier molecular flexibility index (Phi) is 8.36. The number of methoxy groups -OCH3 is 1. The number of amides is 2. The van der Waals surface area contributed by atoms with Gasteiger partial charge in [-0.05, 0) is 54.8 Å². The summed E-state index contributed by atoms with van der Waals surface area (Å²) in [5, 5.41) is 2.82. The summed E-state index contributed by atoms with van der Waals surface area (Å²) < 4.78 is 18.3. The number of anilines is 1. The first kappa shape index (κ1) is 22.6. The Hall–Kier alpha value is -2.70. The lowest BCUT2D eigenvalue weighted by atomic mass is 10.1. The molecule has 0 aliphatic carbocycles. The number of halogens is 2. The molecule has 0 radical (unpaired) electrons. The summed E-state index contributed by atoms with van der Waals surface area (Å²) in [5.41, 5.74) is 3.33. The second-order valence-corrected chi connectivity index (χ2v) is 6.96. The molecule has 7 heteroatoms. The van der Waals surface area contributed by atoms with Gasteiger partial charge in [0.05, 0.1) is 11.6 Å². The van der Waals surface area contributed by atoms with Crippen LogP contribution in [0.2, 0.25) is 5.02 Å². The average Bonchev–Trinajstić information content (AvgIpc) is 2.69. The Labute approximate surface area is 175 Å². The van der Waals surface area contributed by atoms with E-state index in [-0.39, 0.29) is 29.9 Å². The first-order valence-electron chi connectivity index (χ1n) is 9.09. The van der Waals surface area contributed by atoms with E-state index in [4.69, 9.17) is 16.3 Å². The summed E-state index contributed by atoms with van der Waals surface area (Å²) in [6.45, 7) is 4.31. The van der Waals surface area contributed by atoms with Crippen molar-refractivity contribution >= 4 is 35.2 Å². The lowest BCUT2D eigenvalue weighted by Crippen LogP contribution is -2.39. The van der Waals surface area contributed by atoms with Gasteiger partial charge in [0.25, 0.3) is 0 Å². The van der Waals surface area contributed by atoms with E-state index < -0.39 is 5.82 Å². The van der Waals surface area contributed by atoms with Gasteiger partial charge in [-0.1, -0.05) is 29.8 Å². The van der Waals surface area contributed by atoms with E-state index in [1.807, 2.05) is 32.0 Å². The maximum Gasteiger partial charge on any atom is 0.247 e. The lowest BCUT2D eigenvalue weighted by molar-refractivity contribution is -0.131. The number of hydrogen-bond donors (Lipinski definition) is 1. The topological polar surface area (TPSA) is 58.6 Å². The second-order valence-electron chi connectivity index (χ2n) is 6.56. The molecular weight excluding hydrogens is 395 g/mol. The zero-order chi connectivity index (χ0) is 21.4. The Morgan fingerprint density at radius 3 is 2.69 bits per heavy atom. The molecule has 0 saturated carbocycles. The Morgan fingerprint density at radius 2 is 2.00 bits per heavy atom. The van der Waals surface area contributed by atoms with Gasteiger partial charge in [-0.2, -0.15) is 0 Å². The quantitative estimate of drug-likeness (QED) is 0.653. The zero-order valence-electron chi connectivity index (χ0n) is 16.7. The third-order valence-corrected chi connectivity index (χ3v) is 4.74. The summed E-state index contributed by atoms with van der Waals surface area (Å²) in [7, 11) is 1.52. The summed E-state index contributed by atoms with van der Waals surface area (Å²) in [5.74, 6) is -1.19. The van der Waals surface area contributed by atoms with Crippen LogP contribution in [-0.2, 0) is 14.3 Å². The fraction of sp³-hybridized carbons (Fsp3) is 0.273. The zero-order valence-corrected chi connectivity index (χ0v) is 17.4. The predicted octanol–water partition coefficient (Wildman–Crippen LogP) is 4.22. The van der Waals surface area contributed by atoms with Crippen LogP contribution in [0.5, 0.6) is 0 Å². The molecule has 0 aromatic heterocycles. The van der Waals surface area contributed by atoms with Crippen LogP contribution >= 0.6 is 11.6 Å². The van der Waals surface area contributed by atoms with Crippen molar-refractivity contribution in [3.05, 3.63) is 70.0 Å². The van der Waals surface area contributed by atoms with Crippen molar-refractivity contribution in [1.82, 2.24) is 4.90 Å². The number of benzene rings is 2. The van der Waals surface area contributed by atoms with Gasteiger partial charge < -0.3 is 15.0 Å². The summed E-state index contributed by atoms with van der Waals surface area (Å²) in [4.78, 5) is 26.4. The van der Waals surface area contributed by atoms with Gasteiger partial charge in [-0.15, -0.1) is 0 Å². The highest BCUT2D eigenvalue weighted by molar-refractivity contribution is 6.30. The van der Waals surface area contributed by atoms with E-state index in [0.717, 1.165) is 11.1 Å². The molecule has 1 N–H and O–H groups in total. The number of nitrogens with one attached hydrogen (secondary N) is 1. The third kappa shape index (κ3) is 6.69. The minimum absolute atomic E-state index is 0.0243. The minimum Gasteiger partial charge on any atom is -0.383 e. The normalized spacial score (nSPS) is 10.9. The van der Waals surface area contributed by atoms with Gasteiger partial charge >= 0.3 is 0 Å². The van der Waals surface area contributed by atoms with Crippen LogP contribution in [0, 0.1) is 19.7 Å². The molecule has 5 nitrogen and oxygen atoms in total. The molecule has 0 unspecified atom stereocenters. The van der Waals surface area contributed by atoms with Crippen LogP contribution in [-0.4, -0.2) is 43.5 Å². The molecule has 0 aliphatic heterocycles. The second kappa shape index (κ2) is 10.7. The number of carbonyl (C=O) groups is 2. The number of nitrogens with zero attached hydrogens (tertiary/aromatic N) is 1. The molecule has 0 atom stereocenters. The third-order valence-electron chi connectivity index (χ3n) is 4.45. The van der Waals surface area contributed by atoms with E-state index in [9.17, 15) is 14.0 Å². The van der Waals surface area contributed by atoms with Crippen LogP contribution in [0.1, 0.15) is 16.7 Å². The summed E-state index contributed by atoms with van der Waals surface area (Å²) in [6.07, 6.45) is 2.85. The van der Waals surface area contributed by atoms with Crippen LogP contribution < -0.4 is 5.32 Å². The van der Waals surface area contributed by atoms with Gasteiger partial charge in [0, 0.05) is 25.4 Å². The van der Waals surface area contributed by atoms with Gasteiger partial charge in [-0.3, -0.25) is 9.59 Å². The average molecular weight is 419 g/mol. The fourth-order valence-electron chi connectivity index (χ4n) is 2.61. The SMILES string of the molecule is COCCN(CC(=O)Nc1cccc(C)c1C)C(=O)C=Cc1ccc(F)c(Cl)c1. The first-order valence-corrected chi connectivity index (χ1v) is 9.46. The van der Waals surface area contributed by atoms with Crippen molar-refractivity contribution in [3.8, 4) is 0 Å². The van der Waals surface area contributed by atoms with Crippen LogP contribution in [0.25, 0.3) is 6.08 Å². The predicted molar refractivity (Wildman–Crippen MR) is 113 cm³/mol. The molecule has 0 aliphatic rings. The molecule has 2 rings (SSSR count). The van der Waals surface area contributed by atoms with Gasteiger partial charge in [0.1, 0.15) is 12.4 Å². The minimum atomic E-state index is -0.528. The molecule has 0 heterocycles. The Morgan fingerprint density at radius 1 is 1.24 bits per heavy atom. The lowest BCUT2D eigenvalue weighted by Gasteiger charge is -2.21. The fourth-order valence-corrected chi connectivity index (χ4v) is 2.80. The van der Waals surface area contributed by atoms with E-state index in [2.05, 4.69) is 5.32 Å². The molecule has 0 spiro atoms. The standard InChI is InChI=1S/C22H24ClFN2O3/c1-15-5-4-6-20(16(15)2)25-21(27)14-26(11-12-29-3)22(28)10-8-17-7-9-19(24)18(23)13-17/h4-10,13H,11-12,14H2,1-3H3,(H,25,27). The monoisotopic (exact) mass is 418 g/mol. The van der Waals surface area contributed by atoms with Crippen LogP contribution in [0.3, 0.4) is 0 Å². The number of hydrogen-bond acceptors (Lipinski definition) is 3. The number of aryl methyl sites for hydroxylation is 1. The van der Waals surface area contributed by atoms with Crippen molar-refractivity contribution in [2.45, 2.75) is 13.8 Å². The molecule has 0 fully saturated rings. The molecule has 29 heavy (non-hydrogen) atoms. The highest BCUT2D eigenvalue weighted by atomic mass is 35.5. The van der Waals surface area contributed by atoms with Gasteiger partial charge in [0.15, 0.2) is 0 Å². The summed E-state index contributed by atoms with van der Waals surface area (Å²) >= 11 is 5.76. The number of ether oxygens (including phenoxy) is 1. The molecule has 2 aromatic carbocycles. The van der Waals surface area contributed by atoms with Crippen LogP contribution in [0.4, 0.5) is 10.1 Å². The van der Waals surface area contributed by atoms with E-state index >= 15 is 0 Å². The van der Waals surface area contributed by atoms with Crippen molar-refractivity contribution < 1.29 is 18.7 Å². The highest BCUT2D eigenvalue weighted by Crippen LogP contribution is 2.18. The van der Waals surface area contributed by atoms with Gasteiger partial charge in [0.2, 0.25) is 11.8 Å². The van der Waals surface area contributed by atoms with E-state index in [1.54, 1.807) is 0 Å². The van der Waals surface area contributed by atoms with E-state index in [1.165, 1.54) is 42.4 Å². The molecule has 154 valence electrons. The van der Waals surface area contributed by atoms with Crippen molar-refractivity contribution in [2.24, 2.45) is 0 Å².